The maximum absolute atomic E-state index is 10.5. The molecular formula is C9H14N4O2S. The number of anilines is 1. The molecule has 0 saturated heterocycles. The molecule has 1 aliphatic carbocycles. The lowest BCUT2D eigenvalue weighted by Gasteiger charge is -2.40. The molecule has 0 amide bonds. The first kappa shape index (κ1) is 11.3. The number of aliphatic carboxylic acids is 1. The van der Waals surface area contributed by atoms with E-state index in [1.54, 1.807) is 0 Å². The van der Waals surface area contributed by atoms with Crippen molar-refractivity contribution in [3.8, 4) is 0 Å². The number of nitrogen functional groups attached to an aromatic ring is 1. The maximum atomic E-state index is 10.5. The van der Waals surface area contributed by atoms with Gasteiger partial charge in [0, 0.05) is 5.54 Å². The van der Waals surface area contributed by atoms with Crippen molar-refractivity contribution in [1.82, 2.24) is 14.8 Å². The van der Waals surface area contributed by atoms with Gasteiger partial charge in [-0.15, -0.1) is 10.2 Å². The predicted molar refractivity (Wildman–Crippen MR) is 60.3 cm³/mol. The number of rotatable bonds is 4. The Labute approximate surface area is 97.2 Å². The average molecular weight is 242 g/mol. The Morgan fingerprint density at radius 1 is 1.62 bits per heavy atom. The molecule has 16 heavy (non-hydrogen) atoms. The molecule has 0 bridgehead atoms. The molecule has 1 aromatic rings. The van der Waals surface area contributed by atoms with Crippen LogP contribution in [0.25, 0.3) is 0 Å². The molecule has 1 aromatic heterocycles. The summed E-state index contributed by atoms with van der Waals surface area (Å²) in [7, 11) is 0. The van der Waals surface area contributed by atoms with E-state index in [0.717, 1.165) is 31.0 Å². The van der Waals surface area contributed by atoms with E-state index in [9.17, 15) is 4.79 Å². The molecule has 1 heterocycles. The molecule has 3 N–H and O–H groups in total. The minimum Gasteiger partial charge on any atom is -0.481 e. The summed E-state index contributed by atoms with van der Waals surface area (Å²) in [6.45, 7) is 2.10. The second kappa shape index (κ2) is 3.97. The number of nitrogens with two attached hydrogens (primary N) is 1. The zero-order chi connectivity index (χ0) is 11.8. The van der Waals surface area contributed by atoms with Crippen LogP contribution in [0.1, 0.15) is 26.2 Å². The van der Waals surface area contributed by atoms with E-state index in [1.165, 1.54) is 0 Å². The highest BCUT2D eigenvalue weighted by Gasteiger charge is 2.37. The van der Waals surface area contributed by atoms with Gasteiger partial charge in [-0.3, -0.25) is 9.36 Å². The summed E-state index contributed by atoms with van der Waals surface area (Å²) in [6.07, 6.45) is 3.24. The van der Waals surface area contributed by atoms with Gasteiger partial charge in [-0.2, -0.15) is 0 Å². The molecule has 6 nitrogen and oxygen atoms in total. The van der Waals surface area contributed by atoms with Gasteiger partial charge >= 0.3 is 5.97 Å². The quantitative estimate of drug-likeness (QED) is 0.763. The topological polar surface area (TPSA) is 94.0 Å². The summed E-state index contributed by atoms with van der Waals surface area (Å²) in [6, 6.07) is 0. The third-order valence-electron chi connectivity index (χ3n) is 2.95. The van der Waals surface area contributed by atoms with Crippen LogP contribution in [0.5, 0.6) is 0 Å². The Kier molecular flexibility index (Phi) is 2.79. The van der Waals surface area contributed by atoms with E-state index in [1.807, 2.05) is 4.57 Å². The van der Waals surface area contributed by atoms with Crippen molar-refractivity contribution >= 4 is 23.7 Å². The fourth-order valence-corrected chi connectivity index (χ4v) is 2.71. The number of nitrogens with zero attached hydrogens (tertiary/aromatic N) is 3. The zero-order valence-corrected chi connectivity index (χ0v) is 9.83. The van der Waals surface area contributed by atoms with E-state index in [0.29, 0.717) is 11.1 Å². The minimum atomic E-state index is -0.864. The van der Waals surface area contributed by atoms with Gasteiger partial charge in [0.05, 0.1) is 5.75 Å². The van der Waals surface area contributed by atoms with Crippen LogP contribution >= 0.6 is 11.8 Å². The third kappa shape index (κ3) is 1.87. The predicted octanol–water partition coefficient (Wildman–Crippen LogP) is 0.936. The van der Waals surface area contributed by atoms with E-state index in [-0.39, 0.29) is 11.3 Å². The molecular weight excluding hydrogens is 228 g/mol. The smallest absolute Gasteiger partial charge is 0.313 e. The molecule has 7 heteroatoms. The minimum absolute atomic E-state index is 0.0196. The number of hydrogen-bond donors (Lipinski definition) is 2. The van der Waals surface area contributed by atoms with Crippen LogP contribution in [0.3, 0.4) is 0 Å². The summed E-state index contributed by atoms with van der Waals surface area (Å²) >= 11 is 1.16. The van der Waals surface area contributed by atoms with Gasteiger partial charge < -0.3 is 10.8 Å². The number of hydrogen-bond acceptors (Lipinski definition) is 5. The molecule has 0 atom stereocenters. The number of carboxylic acid groups (broad SMARTS) is 1. The SMILES string of the molecule is CC1(n2c(N)nnc2SCC(=O)O)CCC1. The van der Waals surface area contributed by atoms with E-state index < -0.39 is 5.97 Å². The first-order valence-electron chi connectivity index (χ1n) is 5.09. The zero-order valence-electron chi connectivity index (χ0n) is 9.01. The van der Waals surface area contributed by atoms with Crippen molar-refractivity contribution in [2.45, 2.75) is 36.9 Å². The van der Waals surface area contributed by atoms with Crippen molar-refractivity contribution in [3.05, 3.63) is 0 Å². The van der Waals surface area contributed by atoms with Crippen LogP contribution in [0.4, 0.5) is 5.95 Å². The number of thioether (sulfide) groups is 1. The van der Waals surface area contributed by atoms with Gasteiger partial charge in [-0.1, -0.05) is 11.8 Å². The molecule has 1 saturated carbocycles. The molecule has 1 aliphatic rings. The van der Waals surface area contributed by atoms with Gasteiger partial charge in [0.2, 0.25) is 5.95 Å². The van der Waals surface area contributed by atoms with Crippen LogP contribution in [0, 0.1) is 0 Å². The molecule has 0 radical (unpaired) electrons. The van der Waals surface area contributed by atoms with Gasteiger partial charge in [0.25, 0.3) is 0 Å². The lowest BCUT2D eigenvalue weighted by molar-refractivity contribution is -0.133. The lowest BCUT2D eigenvalue weighted by atomic mass is 9.78. The van der Waals surface area contributed by atoms with Gasteiger partial charge in [0.15, 0.2) is 5.16 Å². The molecule has 1 fully saturated rings. The average Bonchev–Trinajstić information content (AvgIpc) is 2.53. The van der Waals surface area contributed by atoms with Gasteiger partial charge in [0.1, 0.15) is 0 Å². The van der Waals surface area contributed by atoms with Gasteiger partial charge in [-0.05, 0) is 26.2 Å². The Hall–Kier alpha value is -1.24. The lowest BCUT2D eigenvalue weighted by Crippen LogP contribution is -2.38. The maximum Gasteiger partial charge on any atom is 0.313 e. The number of carbonyl (C=O) groups is 1. The summed E-state index contributed by atoms with van der Waals surface area (Å²) in [5.41, 5.74) is 5.74. The fraction of sp³-hybridized carbons (Fsp3) is 0.667. The molecule has 88 valence electrons. The highest BCUT2D eigenvalue weighted by molar-refractivity contribution is 7.99. The molecule has 0 unspecified atom stereocenters. The first-order chi connectivity index (χ1) is 7.53. The fourth-order valence-electron chi connectivity index (χ4n) is 1.92. The van der Waals surface area contributed by atoms with E-state index >= 15 is 0 Å². The van der Waals surface area contributed by atoms with Crippen LogP contribution in [0.2, 0.25) is 0 Å². The summed E-state index contributed by atoms with van der Waals surface area (Å²) in [5.74, 6) is -0.513. The van der Waals surface area contributed by atoms with Crippen LogP contribution in [-0.4, -0.2) is 31.6 Å². The standard InChI is InChI=1S/C9H14N4O2S/c1-9(3-2-4-9)13-7(10)11-12-8(13)16-5-6(14)15/h2-5H2,1H3,(H2,10,11)(H,14,15). The van der Waals surface area contributed by atoms with E-state index in [2.05, 4.69) is 17.1 Å². The second-order valence-corrected chi connectivity index (χ2v) is 5.15. The summed E-state index contributed by atoms with van der Waals surface area (Å²) < 4.78 is 1.87. The number of carboxylic acids is 1. The molecule has 0 aliphatic heterocycles. The van der Waals surface area contributed by atoms with Crippen molar-refractivity contribution < 1.29 is 9.90 Å². The highest BCUT2D eigenvalue weighted by atomic mass is 32.2. The normalized spacial score (nSPS) is 18.1. The summed E-state index contributed by atoms with van der Waals surface area (Å²) in [4.78, 5) is 10.5. The van der Waals surface area contributed by atoms with Crippen LogP contribution in [-0.2, 0) is 10.3 Å². The van der Waals surface area contributed by atoms with Crippen LogP contribution in [0.15, 0.2) is 5.16 Å². The Bertz CT molecular complexity index is 414. The molecule has 0 spiro atoms. The first-order valence-corrected chi connectivity index (χ1v) is 6.07. The van der Waals surface area contributed by atoms with Crippen LogP contribution < -0.4 is 5.73 Å². The van der Waals surface area contributed by atoms with E-state index in [4.69, 9.17) is 10.8 Å². The van der Waals surface area contributed by atoms with Crippen molar-refractivity contribution in [2.75, 3.05) is 11.5 Å². The van der Waals surface area contributed by atoms with Crippen molar-refractivity contribution in [3.63, 3.8) is 0 Å². The Morgan fingerprint density at radius 2 is 2.31 bits per heavy atom. The largest absolute Gasteiger partial charge is 0.481 e. The molecule has 0 aromatic carbocycles. The van der Waals surface area contributed by atoms with Gasteiger partial charge in [-0.25, -0.2) is 0 Å². The van der Waals surface area contributed by atoms with Crippen molar-refractivity contribution in [1.29, 1.82) is 0 Å². The second-order valence-electron chi connectivity index (χ2n) is 4.21. The highest BCUT2D eigenvalue weighted by Crippen LogP contribution is 2.42. The Balaban J connectivity index is 2.22. The third-order valence-corrected chi connectivity index (χ3v) is 3.87. The number of aromatic nitrogens is 3. The Morgan fingerprint density at radius 3 is 2.81 bits per heavy atom. The molecule has 2 rings (SSSR count). The summed E-state index contributed by atoms with van der Waals surface area (Å²) in [5, 5.41) is 17.0. The monoisotopic (exact) mass is 242 g/mol. The van der Waals surface area contributed by atoms with Crippen molar-refractivity contribution in [2.24, 2.45) is 0 Å².